The molecule has 176 valence electrons. The molecule has 1 aliphatic heterocycles. The van der Waals surface area contributed by atoms with Crippen molar-refractivity contribution in [2.24, 2.45) is 0 Å². The zero-order valence-corrected chi connectivity index (χ0v) is 20.8. The summed E-state index contributed by atoms with van der Waals surface area (Å²) in [5, 5.41) is 2.45. The molecule has 0 spiro atoms. The number of hydrogen-bond acceptors (Lipinski definition) is 7. The Bertz CT molecular complexity index is 1420. The van der Waals surface area contributed by atoms with Crippen molar-refractivity contribution >= 4 is 79.5 Å². The molecule has 2 heterocycles. The Hall–Kier alpha value is -3.12. The van der Waals surface area contributed by atoms with E-state index in [-0.39, 0.29) is 36.1 Å². The number of urea groups is 1. The van der Waals surface area contributed by atoms with Gasteiger partial charge in [-0.25, -0.2) is 22.8 Å². The summed E-state index contributed by atoms with van der Waals surface area (Å²) in [6.07, 6.45) is 0. The highest BCUT2D eigenvalue weighted by Crippen LogP contribution is 2.39. The third kappa shape index (κ3) is 4.34. The summed E-state index contributed by atoms with van der Waals surface area (Å²) in [6, 6.07) is 10.9. The average molecular weight is 539 g/mol. The molecule has 0 radical (unpaired) electrons. The van der Waals surface area contributed by atoms with Gasteiger partial charge in [0.25, 0.3) is 21.8 Å². The lowest BCUT2D eigenvalue weighted by Crippen LogP contribution is -2.34. The molecule has 0 bridgehead atoms. The SMILES string of the molecule is CN(C)c1cc(N2C(=O)c3ccccc3C2=O)c(Cl)cc1NC(=O)NS(=O)(=O)c1ccc(Cl)s1. The first-order chi connectivity index (χ1) is 16.0. The molecule has 0 atom stereocenters. The maximum Gasteiger partial charge on any atom is 0.333 e. The first kappa shape index (κ1) is 24.0. The fraction of sp³-hybridized carbons (Fsp3) is 0.0952. The number of fused-ring (bicyclic) bond motifs is 1. The summed E-state index contributed by atoms with van der Waals surface area (Å²) >= 11 is 13.0. The van der Waals surface area contributed by atoms with Crippen LogP contribution in [0.15, 0.2) is 52.7 Å². The fourth-order valence-corrected chi connectivity index (χ4v) is 6.00. The number of nitrogens with zero attached hydrogens (tertiary/aromatic N) is 2. The Morgan fingerprint density at radius 3 is 2.15 bits per heavy atom. The third-order valence-electron chi connectivity index (χ3n) is 4.87. The van der Waals surface area contributed by atoms with E-state index >= 15 is 0 Å². The molecule has 4 amide bonds. The van der Waals surface area contributed by atoms with Gasteiger partial charge in [0.2, 0.25) is 0 Å². The van der Waals surface area contributed by atoms with Gasteiger partial charge in [-0.15, -0.1) is 11.3 Å². The van der Waals surface area contributed by atoms with E-state index < -0.39 is 27.9 Å². The molecule has 13 heteroatoms. The lowest BCUT2D eigenvalue weighted by Gasteiger charge is -2.23. The first-order valence-electron chi connectivity index (χ1n) is 9.57. The van der Waals surface area contributed by atoms with Gasteiger partial charge in [-0.3, -0.25) is 9.59 Å². The molecular formula is C21H16Cl2N4O5S2. The van der Waals surface area contributed by atoms with E-state index in [0.29, 0.717) is 5.69 Å². The van der Waals surface area contributed by atoms with Gasteiger partial charge in [0.15, 0.2) is 0 Å². The van der Waals surface area contributed by atoms with Crippen molar-refractivity contribution in [3.8, 4) is 0 Å². The highest BCUT2D eigenvalue weighted by Gasteiger charge is 2.37. The minimum atomic E-state index is -4.14. The Morgan fingerprint density at radius 2 is 1.62 bits per heavy atom. The molecule has 2 aromatic carbocycles. The van der Waals surface area contributed by atoms with Gasteiger partial charge in [-0.05, 0) is 36.4 Å². The van der Waals surface area contributed by atoms with Crippen molar-refractivity contribution in [2.45, 2.75) is 4.21 Å². The maximum atomic E-state index is 12.9. The van der Waals surface area contributed by atoms with E-state index in [1.165, 1.54) is 24.3 Å². The predicted molar refractivity (Wildman–Crippen MR) is 132 cm³/mol. The summed E-state index contributed by atoms with van der Waals surface area (Å²) in [5.74, 6) is -1.04. The van der Waals surface area contributed by atoms with Gasteiger partial charge in [-0.1, -0.05) is 35.3 Å². The minimum Gasteiger partial charge on any atom is -0.376 e. The Labute approximate surface area is 208 Å². The van der Waals surface area contributed by atoms with Crippen LogP contribution in [0.25, 0.3) is 0 Å². The number of hydrogen-bond donors (Lipinski definition) is 2. The largest absolute Gasteiger partial charge is 0.376 e. The van der Waals surface area contributed by atoms with E-state index in [9.17, 15) is 22.8 Å². The topological polar surface area (TPSA) is 116 Å². The number of benzene rings is 2. The van der Waals surface area contributed by atoms with Gasteiger partial charge in [0.1, 0.15) is 4.21 Å². The Balaban J connectivity index is 1.64. The number of imide groups is 1. The van der Waals surface area contributed by atoms with E-state index in [1.807, 2.05) is 4.72 Å². The van der Waals surface area contributed by atoms with Crippen LogP contribution in [-0.2, 0) is 10.0 Å². The second-order valence-electron chi connectivity index (χ2n) is 7.32. The van der Waals surface area contributed by atoms with Crippen LogP contribution in [0.1, 0.15) is 20.7 Å². The molecule has 2 N–H and O–H groups in total. The van der Waals surface area contributed by atoms with Crippen molar-refractivity contribution < 1.29 is 22.8 Å². The molecule has 0 unspecified atom stereocenters. The first-order valence-corrected chi connectivity index (χ1v) is 12.6. The van der Waals surface area contributed by atoms with E-state index in [2.05, 4.69) is 5.32 Å². The second kappa shape index (κ2) is 8.91. The number of carbonyl (C=O) groups excluding carboxylic acids is 3. The molecule has 0 fully saturated rings. The van der Waals surface area contributed by atoms with Crippen LogP contribution in [0.5, 0.6) is 0 Å². The van der Waals surface area contributed by atoms with Crippen molar-refractivity contribution in [1.29, 1.82) is 0 Å². The van der Waals surface area contributed by atoms with Crippen LogP contribution in [0, 0.1) is 0 Å². The van der Waals surface area contributed by atoms with Crippen molar-refractivity contribution in [3.05, 3.63) is 69.0 Å². The number of amides is 4. The molecule has 34 heavy (non-hydrogen) atoms. The lowest BCUT2D eigenvalue weighted by molar-refractivity contribution is 0.0926. The quantitative estimate of drug-likeness (QED) is 0.464. The summed E-state index contributed by atoms with van der Waals surface area (Å²) in [4.78, 5) is 40.8. The van der Waals surface area contributed by atoms with Gasteiger partial charge >= 0.3 is 6.03 Å². The van der Waals surface area contributed by atoms with Crippen LogP contribution >= 0.6 is 34.5 Å². The van der Waals surface area contributed by atoms with Gasteiger partial charge < -0.3 is 10.2 Å². The van der Waals surface area contributed by atoms with E-state index in [4.69, 9.17) is 23.2 Å². The molecule has 1 aliphatic rings. The van der Waals surface area contributed by atoms with Crippen LogP contribution in [-0.4, -0.2) is 40.4 Å². The second-order valence-corrected chi connectivity index (χ2v) is 11.4. The Kier molecular flexibility index (Phi) is 6.30. The van der Waals surface area contributed by atoms with Crippen LogP contribution in [0.3, 0.4) is 0 Å². The number of anilines is 3. The van der Waals surface area contributed by atoms with Crippen molar-refractivity contribution in [3.63, 3.8) is 0 Å². The lowest BCUT2D eigenvalue weighted by atomic mass is 10.1. The minimum absolute atomic E-state index is 0.00306. The third-order valence-corrected chi connectivity index (χ3v) is 8.23. The molecule has 0 saturated heterocycles. The zero-order valence-electron chi connectivity index (χ0n) is 17.6. The number of rotatable bonds is 5. The summed E-state index contributed by atoms with van der Waals surface area (Å²) in [7, 11) is -0.802. The normalized spacial score (nSPS) is 13.1. The van der Waals surface area contributed by atoms with Gasteiger partial charge in [-0.2, -0.15) is 0 Å². The van der Waals surface area contributed by atoms with E-state index in [1.54, 1.807) is 43.3 Å². The number of nitrogens with one attached hydrogen (secondary N) is 2. The molecule has 0 saturated carbocycles. The number of halogens is 2. The molecule has 9 nitrogen and oxygen atoms in total. The van der Waals surface area contributed by atoms with Gasteiger partial charge in [0, 0.05) is 14.1 Å². The monoisotopic (exact) mass is 538 g/mol. The molecule has 0 aliphatic carbocycles. The fourth-order valence-electron chi connectivity index (χ4n) is 3.36. The smallest absolute Gasteiger partial charge is 0.333 e. The highest BCUT2D eigenvalue weighted by molar-refractivity contribution is 7.92. The van der Waals surface area contributed by atoms with Crippen LogP contribution in [0.2, 0.25) is 9.36 Å². The molecule has 3 aromatic rings. The van der Waals surface area contributed by atoms with Crippen molar-refractivity contribution in [2.75, 3.05) is 29.2 Å². The summed E-state index contributed by atoms with van der Waals surface area (Å²) in [6.45, 7) is 0. The standard InChI is InChI=1S/C21H16Cl2N4O5S2/c1-26(2)16-10-15(27-19(28)11-5-3-4-6-12(11)20(27)29)13(22)9-14(16)24-21(30)25-34(31,32)18-8-7-17(23)33-18/h3-10H,1-2H3,(H2,24,25,30). The predicted octanol–water partition coefficient (Wildman–Crippen LogP) is 4.43. The van der Waals surface area contributed by atoms with Crippen molar-refractivity contribution in [1.82, 2.24) is 4.72 Å². The summed E-state index contributed by atoms with van der Waals surface area (Å²) < 4.78 is 26.8. The molecular weight excluding hydrogens is 523 g/mol. The molecule has 1 aromatic heterocycles. The van der Waals surface area contributed by atoms with Crippen LogP contribution < -0.4 is 19.8 Å². The average Bonchev–Trinajstić information content (AvgIpc) is 3.31. The highest BCUT2D eigenvalue weighted by atomic mass is 35.5. The number of carbonyl (C=O) groups is 3. The molecule has 4 rings (SSSR count). The zero-order chi connectivity index (χ0) is 24.8. The van der Waals surface area contributed by atoms with Crippen LogP contribution in [0.4, 0.5) is 21.9 Å². The van der Waals surface area contributed by atoms with E-state index in [0.717, 1.165) is 16.2 Å². The van der Waals surface area contributed by atoms with Gasteiger partial charge in [0.05, 0.1) is 37.5 Å². The number of sulfonamides is 1. The summed E-state index contributed by atoms with van der Waals surface area (Å²) in [5.41, 5.74) is 1.18. The Morgan fingerprint density at radius 1 is 1.00 bits per heavy atom. The number of thiophene rings is 1. The maximum absolute atomic E-state index is 12.9.